The van der Waals surface area contributed by atoms with Gasteiger partial charge in [-0.2, -0.15) is 5.10 Å². The summed E-state index contributed by atoms with van der Waals surface area (Å²) in [6.45, 7) is 2.83. The summed E-state index contributed by atoms with van der Waals surface area (Å²) >= 11 is 0. The molecule has 3 aromatic rings. The number of rotatable bonds is 6. The van der Waals surface area contributed by atoms with Crippen LogP contribution in [0.4, 0.5) is 4.39 Å². The normalized spacial score (nSPS) is 11.4. The van der Waals surface area contributed by atoms with E-state index >= 15 is 0 Å². The molecule has 0 aliphatic rings. The summed E-state index contributed by atoms with van der Waals surface area (Å²) in [5.74, 6) is -1.21. The molecule has 0 bridgehead atoms. The molecular weight excluding hydrogens is 369 g/mol. The highest BCUT2D eigenvalue weighted by atomic mass is 19.1. The summed E-state index contributed by atoms with van der Waals surface area (Å²) in [4.78, 5) is 26.2. The lowest BCUT2D eigenvalue weighted by Crippen LogP contribution is -2.37. The van der Waals surface area contributed by atoms with Crippen molar-refractivity contribution in [2.75, 3.05) is 7.11 Å². The minimum absolute atomic E-state index is 0.0422. The standard InChI is InChI=1S/C18H18FN5O4/c1-18(2,17(26)27)14-16(25)20-15(22-21-14)12-8-13(28-3)24(23-12)9-10-6-4-5-7-11(10)19/h4-8H,9H2,1-3H3,(H,26,27)(H,20,22,25). The van der Waals surface area contributed by atoms with Crippen molar-refractivity contribution in [3.63, 3.8) is 0 Å². The predicted molar refractivity (Wildman–Crippen MR) is 96.6 cm³/mol. The summed E-state index contributed by atoms with van der Waals surface area (Å²) in [6.07, 6.45) is 0. The Hall–Kier alpha value is -3.56. The van der Waals surface area contributed by atoms with Gasteiger partial charge in [-0.1, -0.05) is 18.2 Å². The first-order valence-electron chi connectivity index (χ1n) is 8.30. The summed E-state index contributed by atoms with van der Waals surface area (Å²) in [5.41, 5.74) is -1.74. The predicted octanol–water partition coefficient (Wildman–Crippen LogP) is 1.59. The largest absolute Gasteiger partial charge is 0.481 e. The Morgan fingerprint density at radius 2 is 2.04 bits per heavy atom. The lowest BCUT2D eigenvalue weighted by atomic mass is 9.90. The van der Waals surface area contributed by atoms with Crippen LogP contribution in [0.25, 0.3) is 11.5 Å². The van der Waals surface area contributed by atoms with Crippen LogP contribution < -0.4 is 10.3 Å². The maximum Gasteiger partial charge on any atom is 0.315 e. The van der Waals surface area contributed by atoms with Crippen molar-refractivity contribution in [1.82, 2.24) is 25.0 Å². The van der Waals surface area contributed by atoms with Crippen LogP contribution in [0.15, 0.2) is 35.1 Å². The Morgan fingerprint density at radius 3 is 2.64 bits per heavy atom. The first-order valence-corrected chi connectivity index (χ1v) is 8.30. The quantitative estimate of drug-likeness (QED) is 0.658. The number of carbonyl (C=O) groups is 1. The van der Waals surface area contributed by atoms with E-state index in [1.807, 2.05) is 0 Å². The number of aromatic amines is 1. The van der Waals surface area contributed by atoms with Crippen LogP contribution in [-0.2, 0) is 16.8 Å². The molecule has 0 aliphatic carbocycles. The van der Waals surface area contributed by atoms with Crippen LogP contribution in [0.5, 0.6) is 5.88 Å². The molecular formula is C18H18FN5O4. The summed E-state index contributed by atoms with van der Waals surface area (Å²) < 4.78 is 20.6. The zero-order valence-corrected chi connectivity index (χ0v) is 15.4. The molecule has 0 atom stereocenters. The van der Waals surface area contributed by atoms with Crippen LogP contribution in [0, 0.1) is 5.82 Å². The molecule has 2 N–H and O–H groups in total. The number of H-pyrrole nitrogens is 1. The van der Waals surface area contributed by atoms with Crippen molar-refractivity contribution in [1.29, 1.82) is 0 Å². The zero-order chi connectivity index (χ0) is 20.5. The van der Waals surface area contributed by atoms with E-state index in [2.05, 4.69) is 20.3 Å². The van der Waals surface area contributed by atoms with Gasteiger partial charge in [0.25, 0.3) is 5.56 Å². The number of halogens is 1. The third-order valence-electron chi connectivity index (χ3n) is 4.30. The highest BCUT2D eigenvalue weighted by Gasteiger charge is 2.34. The molecule has 0 aliphatic heterocycles. The van der Waals surface area contributed by atoms with Gasteiger partial charge in [-0.3, -0.25) is 9.59 Å². The van der Waals surface area contributed by atoms with Crippen molar-refractivity contribution in [3.05, 3.63) is 57.8 Å². The second-order valence-corrected chi connectivity index (χ2v) is 6.60. The van der Waals surface area contributed by atoms with Crippen molar-refractivity contribution in [3.8, 4) is 17.4 Å². The van der Waals surface area contributed by atoms with Gasteiger partial charge < -0.3 is 14.8 Å². The van der Waals surface area contributed by atoms with Crippen molar-refractivity contribution in [2.24, 2.45) is 0 Å². The Kier molecular flexibility index (Phi) is 4.95. The van der Waals surface area contributed by atoms with Crippen molar-refractivity contribution >= 4 is 5.97 Å². The number of carboxylic acids is 1. The minimum atomic E-state index is -1.50. The van der Waals surface area contributed by atoms with Crippen LogP contribution in [-0.4, -0.2) is 43.1 Å². The fourth-order valence-electron chi connectivity index (χ4n) is 2.54. The molecule has 2 aromatic heterocycles. The van der Waals surface area contributed by atoms with Crippen molar-refractivity contribution < 1.29 is 19.0 Å². The van der Waals surface area contributed by atoms with Crippen LogP contribution in [0.2, 0.25) is 0 Å². The second-order valence-electron chi connectivity index (χ2n) is 6.60. The smallest absolute Gasteiger partial charge is 0.315 e. The van der Waals surface area contributed by atoms with Gasteiger partial charge in [0, 0.05) is 11.6 Å². The highest BCUT2D eigenvalue weighted by Crippen LogP contribution is 2.22. The molecule has 0 amide bonds. The van der Waals surface area contributed by atoms with Crippen LogP contribution in [0.1, 0.15) is 25.1 Å². The molecule has 9 nitrogen and oxygen atoms in total. The van der Waals surface area contributed by atoms with E-state index in [1.165, 1.54) is 37.8 Å². The molecule has 0 radical (unpaired) electrons. The van der Waals surface area contributed by atoms with E-state index in [4.69, 9.17) is 4.74 Å². The van der Waals surface area contributed by atoms with Gasteiger partial charge in [0.1, 0.15) is 22.6 Å². The summed E-state index contributed by atoms with van der Waals surface area (Å²) in [5, 5.41) is 21.2. The van der Waals surface area contributed by atoms with Gasteiger partial charge in [0.2, 0.25) is 5.88 Å². The van der Waals surface area contributed by atoms with Crippen LogP contribution in [0.3, 0.4) is 0 Å². The van der Waals surface area contributed by atoms with Gasteiger partial charge >= 0.3 is 5.97 Å². The molecule has 0 saturated carbocycles. The van der Waals surface area contributed by atoms with E-state index in [9.17, 15) is 19.1 Å². The summed E-state index contributed by atoms with van der Waals surface area (Å²) in [7, 11) is 1.44. The second kappa shape index (κ2) is 7.22. The third-order valence-corrected chi connectivity index (χ3v) is 4.30. The van der Waals surface area contributed by atoms with E-state index in [1.54, 1.807) is 18.2 Å². The molecule has 146 valence electrons. The maximum atomic E-state index is 13.9. The molecule has 0 saturated heterocycles. The summed E-state index contributed by atoms with van der Waals surface area (Å²) in [6, 6.07) is 7.79. The van der Waals surface area contributed by atoms with E-state index in [0.717, 1.165) is 0 Å². The number of methoxy groups -OCH3 is 1. The monoisotopic (exact) mass is 387 g/mol. The Balaban J connectivity index is 1.98. The van der Waals surface area contributed by atoms with Gasteiger partial charge in [-0.25, -0.2) is 9.07 Å². The average molecular weight is 387 g/mol. The van der Waals surface area contributed by atoms with E-state index in [-0.39, 0.29) is 29.6 Å². The Bertz CT molecular complexity index is 1090. The Labute approximate surface area is 158 Å². The molecule has 10 heteroatoms. The molecule has 0 unspecified atom stereocenters. The SMILES string of the molecule is COc1cc(-c2nnc(C(C)(C)C(=O)O)c(=O)[nH]2)nn1Cc1ccccc1F. The lowest BCUT2D eigenvalue weighted by Gasteiger charge is -2.16. The van der Waals surface area contributed by atoms with E-state index < -0.39 is 16.9 Å². The number of hydrogen-bond donors (Lipinski definition) is 2. The first kappa shape index (κ1) is 19.2. The molecule has 0 fully saturated rings. The molecule has 1 aromatic carbocycles. The number of benzene rings is 1. The number of carboxylic acid groups (broad SMARTS) is 1. The number of hydrogen-bond acceptors (Lipinski definition) is 6. The molecule has 2 heterocycles. The number of ether oxygens (including phenoxy) is 1. The van der Waals surface area contributed by atoms with Gasteiger partial charge in [0.05, 0.1) is 13.7 Å². The highest BCUT2D eigenvalue weighted by molar-refractivity contribution is 5.79. The Morgan fingerprint density at radius 1 is 1.32 bits per heavy atom. The number of aromatic nitrogens is 5. The maximum absolute atomic E-state index is 13.9. The minimum Gasteiger partial charge on any atom is -0.481 e. The fourth-order valence-corrected chi connectivity index (χ4v) is 2.54. The first-order chi connectivity index (χ1) is 13.2. The van der Waals surface area contributed by atoms with Crippen LogP contribution >= 0.6 is 0 Å². The van der Waals surface area contributed by atoms with E-state index in [0.29, 0.717) is 11.4 Å². The number of nitrogens with zero attached hydrogens (tertiary/aromatic N) is 4. The zero-order valence-electron chi connectivity index (χ0n) is 15.4. The average Bonchev–Trinajstić information content (AvgIpc) is 3.06. The number of nitrogens with one attached hydrogen (secondary N) is 1. The molecule has 0 spiro atoms. The molecule has 28 heavy (non-hydrogen) atoms. The fraction of sp³-hybridized carbons (Fsp3) is 0.278. The van der Waals surface area contributed by atoms with Crippen molar-refractivity contribution in [2.45, 2.75) is 25.8 Å². The van der Waals surface area contributed by atoms with Gasteiger partial charge in [0.15, 0.2) is 5.82 Å². The number of aliphatic carboxylic acids is 1. The molecule has 3 rings (SSSR count). The van der Waals surface area contributed by atoms with Gasteiger partial charge in [-0.05, 0) is 19.9 Å². The van der Waals surface area contributed by atoms with Gasteiger partial charge in [-0.15, -0.1) is 10.2 Å². The topological polar surface area (TPSA) is 123 Å². The third kappa shape index (κ3) is 3.48. The lowest BCUT2D eigenvalue weighted by molar-refractivity contribution is -0.142.